The second-order valence-electron chi connectivity index (χ2n) is 8.79. The van der Waals surface area contributed by atoms with Gasteiger partial charge in [0, 0.05) is 6.54 Å². The molecular weight excluding hydrogens is 450 g/mol. The number of rotatable bonds is 13. The van der Waals surface area contributed by atoms with Gasteiger partial charge in [-0.1, -0.05) is 56.3 Å². The standard InChI is InChI=1S/C26H33N3O6/c1-17(2)16-21(24(31)29-35)23(30)28-22(13-10-18-6-4-3-5-7-18)25(32)27-15-14-19-8-11-20(12-9-19)26(33)34/h3-9,11-12,17,21-22,35H,10,13-16H2,1-2H3,(H,27,32)(H,28,30)(H,29,31)(H,33,34)/t21?,22-/m0/s1. The molecule has 0 radical (unpaired) electrons. The van der Waals surface area contributed by atoms with E-state index in [1.807, 2.05) is 44.2 Å². The summed E-state index contributed by atoms with van der Waals surface area (Å²) in [5.41, 5.74) is 3.59. The van der Waals surface area contributed by atoms with Gasteiger partial charge >= 0.3 is 5.97 Å². The maximum Gasteiger partial charge on any atom is 0.335 e. The number of nitrogens with one attached hydrogen (secondary N) is 3. The molecule has 0 aliphatic carbocycles. The Bertz CT molecular complexity index is 992. The molecule has 0 spiro atoms. The molecule has 2 rings (SSSR count). The molecule has 1 unspecified atom stereocenters. The van der Waals surface area contributed by atoms with Gasteiger partial charge in [0.1, 0.15) is 12.0 Å². The minimum Gasteiger partial charge on any atom is -0.478 e. The fourth-order valence-electron chi connectivity index (χ4n) is 3.65. The third-order valence-electron chi connectivity index (χ3n) is 5.56. The summed E-state index contributed by atoms with van der Waals surface area (Å²) in [7, 11) is 0. The van der Waals surface area contributed by atoms with Crippen molar-refractivity contribution in [2.45, 2.75) is 45.6 Å². The predicted octanol–water partition coefficient (Wildman–Crippen LogP) is 2.33. The highest BCUT2D eigenvalue weighted by Gasteiger charge is 2.30. The summed E-state index contributed by atoms with van der Waals surface area (Å²) in [6.45, 7) is 4.00. The SMILES string of the molecule is CC(C)CC(C(=O)NO)C(=O)N[C@@H](CCc1ccccc1)C(=O)NCCc1ccc(C(=O)O)cc1. The Kier molecular flexibility index (Phi) is 10.9. The predicted molar refractivity (Wildman–Crippen MR) is 130 cm³/mol. The van der Waals surface area contributed by atoms with Gasteiger partial charge in [-0.25, -0.2) is 10.3 Å². The fraction of sp³-hybridized carbons (Fsp3) is 0.385. The molecule has 0 saturated heterocycles. The van der Waals surface area contributed by atoms with Gasteiger partial charge in [-0.3, -0.25) is 19.6 Å². The smallest absolute Gasteiger partial charge is 0.335 e. The van der Waals surface area contributed by atoms with Crippen LogP contribution in [-0.2, 0) is 27.2 Å². The summed E-state index contributed by atoms with van der Waals surface area (Å²) in [6, 6.07) is 15.0. The first kappa shape index (κ1) is 27.5. The zero-order valence-corrected chi connectivity index (χ0v) is 20.0. The van der Waals surface area contributed by atoms with Crippen LogP contribution in [0.5, 0.6) is 0 Å². The van der Waals surface area contributed by atoms with Crippen LogP contribution in [0.25, 0.3) is 0 Å². The van der Waals surface area contributed by atoms with Crippen LogP contribution in [-0.4, -0.2) is 46.6 Å². The van der Waals surface area contributed by atoms with E-state index >= 15 is 0 Å². The van der Waals surface area contributed by atoms with Crippen LogP contribution in [0.2, 0.25) is 0 Å². The van der Waals surface area contributed by atoms with Crippen LogP contribution >= 0.6 is 0 Å². The van der Waals surface area contributed by atoms with Gasteiger partial charge in [-0.05, 0) is 54.9 Å². The average Bonchev–Trinajstić information content (AvgIpc) is 2.85. The molecule has 3 amide bonds. The number of amides is 3. The highest BCUT2D eigenvalue weighted by atomic mass is 16.5. The van der Waals surface area contributed by atoms with Crippen molar-refractivity contribution in [2.24, 2.45) is 11.8 Å². The van der Waals surface area contributed by atoms with E-state index in [9.17, 15) is 19.2 Å². The molecule has 0 fully saturated rings. The highest BCUT2D eigenvalue weighted by molar-refractivity contribution is 6.01. The molecule has 9 nitrogen and oxygen atoms in total. The summed E-state index contributed by atoms with van der Waals surface area (Å²) in [4.78, 5) is 48.9. The van der Waals surface area contributed by atoms with Gasteiger partial charge in [-0.2, -0.15) is 0 Å². The lowest BCUT2D eigenvalue weighted by Gasteiger charge is -2.22. The fourth-order valence-corrected chi connectivity index (χ4v) is 3.65. The first-order valence-corrected chi connectivity index (χ1v) is 11.6. The van der Waals surface area contributed by atoms with Crippen molar-refractivity contribution in [2.75, 3.05) is 6.54 Å². The number of aryl methyl sites for hydroxylation is 1. The van der Waals surface area contributed by atoms with Crippen molar-refractivity contribution >= 4 is 23.7 Å². The van der Waals surface area contributed by atoms with Crippen LogP contribution in [0.15, 0.2) is 54.6 Å². The van der Waals surface area contributed by atoms with E-state index in [1.54, 1.807) is 12.1 Å². The molecule has 2 aromatic rings. The average molecular weight is 484 g/mol. The van der Waals surface area contributed by atoms with Crippen molar-refractivity contribution < 1.29 is 29.5 Å². The monoisotopic (exact) mass is 483 g/mol. The maximum atomic E-state index is 13.0. The van der Waals surface area contributed by atoms with E-state index in [0.29, 0.717) is 19.3 Å². The zero-order chi connectivity index (χ0) is 25.8. The number of carbonyl (C=O) groups excluding carboxylic acids is 3. The van der Waals surface area contributed by atoms with Gasteiger partial charge < -0.3 is 15.7 Å². The quantitative estimate of drug-likeness (QED) is 0.168. The van der Waals surface area contributed by atoms with E-state index in [2.05, 4.69) is 10.6 Å². The van der Waals surface area contributed by atoms with E-state index in [4.69, 9.17) is 10.3 Å². The number of benzene rings is 2. The molecule has 9 heteroatoms. The molecule has 0 saturated carbocycles. The number of aromatic carboxylic acids is 1. The van der Waals surface area contributed by atoms with Crippen molar-refractivity contribution in [3.8, 4) is 0 Å². The molecule has 188 valence electrons. The van der Waals surface area contributed by atoms with Crippen LogP contribution < -0.4 is 16.1 Å². The zero-order valence-electron chi connectivity index (χ0n) is 20.0. The molecule has 2 aromatic carbocycles. The largest absolute Gasteiger partial charge is 0.478 e. The molecule has 0 aromatic heterocycles. The molecule has 2 atom stereocenters. The van der Waals surface area contributed by atoms with Crippen molar-refractivity contribution in [3.05, 3.63) is 71.3 Å². The maximum absolute atomic E-state index is 13.0. The lowest BCUT2D eigenvalue weighted by molar-refractivity contribution is -0.143. The number of carboxylic acid groups (broad SMARTS) is 1. The van der Waals surface area contributed by atoms with Crippen LogP contribution in [0, 0.1) is 11.8 Å². The van der Waals surface area contributed by atoms with E-state index in [0.717, 1.165) is 11.1 Å². The number of carbonyl (C=O) groups is 4. The molecule has 5 N–H and O–H groups in total. The lowest BCUT2D eigenvalue weighted by Crippen LogP contribution is -2.51. The van der Waals surface area contributed by atoms with Crippen molar-refractivity contribution in [1.29, 1.82) is 0 Å². The van der Waals surface area contributed by atoms with Crippen LogP contribution in [0.3, 0.4) is 0 Å². The topological polar surface area (TPSA) is 145 Å². The normalized spacial score (nSPS) is 12.5. The van der Waals surface area contributed by atoms with Crippen molar-refractivity contribution in [3.63, 3.8) is 0 Å². The lowest BCUT2D eigenvalue weighted by atomic mass is 9.95. The van der Waals surface area contributed by atoms with Gasteiger partial charge in [0.05, 0.1) is 5.56 Å². The molecule has 0 bridgehead atoms. The molecule has 0 aliphatic heterocycles. The Balaban J connectivity index is 2.05. The number of hydrogen-bond acceptors (Lipinski definition) is 5. The van der Waals surface area contributed by atoms with Gasteiger partial charge in [0.15, 0.2) is 0 Å². The summed E-state index contributed by atoms with van der Waals surface area (Å²) in [5.74, 6) is -3.94. The van der Waals surface area contributed by atoms with E-state index < -0.39 is 29.7 Å². The second-order valence-corrected chi connectivity index (χ2v) is 8.79. The minimum atomic E-state index is -1.13. The number of hydroxylamine groups is 1. The highest BCUT2D eigenvalue weighted by Crippen LogP contribution is 2.14. The molecule has 0 aliphatic rings. The van der Waals surface area contributed by atoms with Gasteiger partial charge in [-0.15, -0.1) is 0 Å². The molecule has 35 heavy (non-hydrogen) atoms. The first-order valence-electron chi connectivity index (χ1n) is 11.6. The van der Waals surface area contributed by atoms with Crippen LogP contribution in [0.4, 0.5) is 0 Å². The Morgan fingerprint density at radius 3 is 2.03 bits per heavy atom. The summed E-state index contributed by atoms with van der Waals surface area (Å²) < 4.78 is 0. The third kappa shape index (κ3) is 9.21. The number of hydrogen-bond donors (Lipinski definition) is 5. The van der Waals surface area contributed by atoms with Gasteiger partial charge in [0.2, 0.25) is 11.8 Å². The second kappa shape index (κ2) is 13.9. The summed E-state index contributed by atoms with van der Waals surface area (Å²) >= 11 is 0. The summed E-state index contributed by atoms with van der Waals surface area (Å²) in [5, 5.41) is 23.5. The number of carboxylic acids is 1. The third-order valence-corrected chi connectivity index (χ3v) is 5.56. The molecular formula is C26H33N3O6. The summed E-state index contributed by atoms with van der Waals surface area (Å²) in [6.07, 6.45) is 1.56. The first-order chi connectivity index (χ1) is 16.7. The Morgan fingerprint density at radius 1 is 0.829 bits per heavy atom. The Labute approximate surface area is 204 Å². The minimum absolute atomic E-state index is 0.0205. The van der Waals surface area contributed by atoms with Crippen molar-refractivity contribution in [1.82, 2.24) is 16.1 Å². The van der Waals surface area contributed by atoms with E-state index in [-0.39, 0.29) is 30.4 Å². The van der Waals surface area contributed by atoms with E-state index in [1.165, 1.54) is 17.6 Å². The Morgan fingerprint density at radius 2 is 1.46 bits per heavy atom. The van der Waals surface area contributed by atoms with Crippen LogP contribution in [0.1, 0.15) is 48.2 Å². The Hall–Kier alpha value is -3.72. The van der Waals surface area contributed by atoms with Gasteiger partial charge in [0.25, 0.3) is 5.91 Å². The molecule has 0 heterocycles.